The summed E-state index contributed by atoms with van der Waals surface area (Å²) in [5.74, 6) is 1.69. The first-order chi connectivity index (χ1) is 12.2. The van der Waals surface area contributed by atoms with Gasteiger partial charge >= 0.3 is 0 Å². The Morgan fingerprint density at radius 3 is 2.68 bits per heavy atom. The third kappa shape index (κ3) is 3.28. The van der Waals surface area contributed by atoms with E-state index in [1.165, 1.54) is 7.11 Å². The Morgan fingerprint density at radius 2 is 1.96 bits per heavy atom. The molecule has 0 aliphatic carbocycles. The summed E-state index contributed by atoms with van der Waals surface area (Å²) in [6.45, 7) is 3.18. The summed E-state index contributed by atoms with van der Waals surface area (Å²) in [5.41, 5.74) is 2.42. The van der Waals surface area contributed by atoms with Crippen LogP contribution in [0.3, 0.4) is 0 Å². The number of para-hydroxylation sites is 2. The number of carbonyl (C=O) groups is 1. The molecule has 2 aromatic carbocycles. The molecule has 0 aliphatic rings. The highest BCUT2D eigenvalue weighted by Gasteiger charge is 2.15. The number of ether oxygens (including phenoxy) is 2. The second kappa shape index (κ2) is 7.25. The van der Waals surface area contributed by atoms with Crippen molar-refractivity contribution in [1.29, 1.82) is 0 Å². The number of fused-ring (bicyclic) bond motifs is 1. The Bertz CT molecular complexity index is 902. The van der Waals surface area contributed by atoms with Gasteiger partial charge in [-0.2, -0.15) is 0 Å². The highest BCUT2D eigenvalue weighted by molar-refractivity contribution is 5.97. The maximum Gasteiger partial charge on any atom is 0.255 e. The van der Waals surface area contributed by atoms with Crippen molar-refractivity contribution < 1.29 is 14.3 Å². The van der Waals surface area contributed by atoms with Crippen LogP contribution in [0.2, 0.25) is 0 Å². The molecule has 6 heteroatoms. The Labute approximate surface area is 146 Å². The first kappa shape index (κ1) is 16.8. The van der Waals surface area contributed by atoms with Crippen molar-refractivity contribution >= 4 is 16.9 Å². The predicted molar refractivity (Wildman–Crippen MR) is 96.1 cm³/mol. The van der Waals surface area contributed by atoms with Crippen LogP contribution in [0.4, 0.5) is 0 Å². The number of aromatic nitrogens is 2. The molecule has 1 heterocycles. The summed E-state index contributed by atoms with van der Waals surface area (Å²) in [6.07, 6.45) is 0. The van der Waals surface area contributed by atoms with E-state index in [1.54, 1.807) is 25.3 Å². The van der Waals surface area contributed by atoms with Gasteiger partial charge < -0.3 is 19.4 Å². The topological polar surface area (TPSA) is 65.4 Å². The second-order valence-corrected chi connectivity index (χ2v) is 5.51. The third-order valence-corrected chi connectivity index (χ3v) is 4.11. The molecule has 0 saturated carbocycles. The van der Waals surface area contributed by atoms with E-state index in [-0.39, 0.29) is 5.91 Å². The maximum absolute atomic E-state index is 12.6. The van der Waals surface area contributed by atoms with E-state index in [0.717, 1.165) is 23.4 Å². The smallest absolute Gasteiger partial charge is 0.255 e. The van der Waals surface area contributed by atoms with Gasteiger partial charge in [-0.3, -0.25) is 4.79 Å². The normalized spacial score (nSPS) is 10.7. The number of carbonyl (C=O) groups excluding carboxylic acids is 1. The van der Waals surface area contributed by atoms with Gasteiger partial charge in [0.05, 0.1) is 37.4 Å². The lowest BCUT2D eigenvalue weighted by Crippen LogP contribution is -2.25. The van der Waals surface area contributed by atoms with Gasteiger partial charge in [-0.05, 0) is 37.3 Å². The number of nitrogens with one attached hydrogen (secondary N) is 1. The minimum absolute atomic E-state index is 0.231. The molecule has 1 amide bonds. The van der Waals surface area contributed by atoms with Crippen molar-refractivity contribution in [2.24, 2.45) is 0 Å². The number of aryl methyl sites for hydroxylation is 1. The third-order valence-electron chi connectivity index (χ3n) is 4.11. The number of benzene rings is 2. The van der Waals surface area contributed by atoms with Crippen molar-refractivity contribution in [3.05, 3.63) is 53.9 Å². The van der Waals surface area contributed by atoms with E-state index in [1.807, 2.05) is 24.3 Å². The van der Waals surface area contributed by atoms with Crippen LogP contribution in [0.25, 0.3) is 11.0 Å². The Hall–Kier alpha value is -3.02. The Kier molecular flexibility index (Phi) is 4.88. The Balaban J connectivity index is 1.83. The fraction of sp³-hybridized carbons (Fsp3) is 0.263. The zero-order valence-electron chi connectivity index (χ0n) is 14.6. The molecule has 0 radical (unpaired) electrons. The van der Waals surface area contributed by atoms with Crippen LogP contribution in [-0.4, -0.2) is 29.7 Å². The SMILES string of the molecule is CCn1c(CNC(=O)c2cc(OC)ccc2OC)nc2ccccc21. The first-order valence-electron chi connectivity index (χ1n) is 8.12. The monoisotopic (exact) mass is 339 g/mol. The Morgan fingerprint density at radius 1 is 1.16 bits per heavy atom. The quantitative estimate of drug-likeness (QED) is 0.750. The first-order valence-corrected chi connectivity index (χ1v) is 8.12. The average molecular weight is 339 g/mol. The fourth-order valence-electron chi connectivity index (χ4n) is 2.86. The minimum Gasteiger partial charge on any atom is -0.497 e. The molecule has 0 aliphatic heterocycles. The molecule has 3 rings (SSSR count). The van der Waals surface area contributed by atoms with Crippen LogP contribution in [-0.2, 0) is 13.1 Å². The number of rotatable bonds is 6. The lowest BCUT2D eigenvalue weighted by molar-refractivity contribution is 0.0946. The van der Waals surface area contributed by atoms with Gasteiger partial charge in [0, 0.05) is 6.54 Å². The van der Waals surface area contributed by atoms with E-state index in [4.69, 9.17) is 9.47 Å². The molecule has 0 unspecified atom stereocenters. The van der Waals surface area contributed by atoms with Crippen LogP contribution in [0.1, 0.15) is 23.1 Å². The van der Waals surface area contributed by atoms with Gasteiger partial charge in [0.25, 0.3) is 5.91 Å². The standard InChI is InChI=1S/C19H21N3O3/c1-4-22-16-8-6-5-7-15(16)21-18(22)12-20-19(23)14-11-13(24-2)9-10-17(14)25-3/h5-11H,4,12H2,1-3H3,(H,20,23). The van der Waals surface area contributed by atoms with E-state index in [9.17, 15) is 4.79 Å². The van der Waals surface area contributed by atoms with Crippen molar-refractivity contribution in [2.75, 3.05) is 14.2 Å². The number of imidazole rings is 1. The number of hydrogen-bond donors (Lipinski definition) is 1. The molecule has 0 fully saturated rings. The van der Waals surface area contributed by atoms with E-state index >= 15 is 0 Å². The van der Waals surface area contributed by atoms with E-state index in [2.05, 4.69) is 21.8 Å². The van der Waals surface area contributed by atoms with Gasteiger partial charge in [0.1, 0.15) is 17.3 Å². The van der Waals surface area contributed by atoms with Crippen LogP contribution < -0.4 is 14.8 Å². The van der Waals surface area contributed by atoms with Crippen molar-refractivity contribution in [3.8, 4) is 11.5 Å². The fourth-order valence-corrected chi connectivity index (χ4v) is 2.86. The number of nitrogens with zero attached hydrogens (tertiary/aromatic N) is 2. The van der Waals surface area contributed by atoms with Crippen molar-refractivity contribution in [1.82, 2.24) is 14.9 Å². The summed E-state index contributed by atoms with van der Waals surface area (Å²) in [7, 11) is 3.10. The van der Waals surface area contributed by atoms with Gasteiger partial charge in [-0.15, -0.1) is 0 Å². The highest BCUT2D eigenvalue weighted by Crippen LogP contribution is 2.24. The summed E-state index contributed by atoms with van der Waals surface area (Å²) in [4.78, 5) is 17.2. The molecule has 1 aromatic heterocycles. The average Bonchev–Trinajstić information content (AvgIpc) is 3.02. The maximum atomic E-state index is 12.6. The van der Waals surface area contributed by atoms with E-state index in [0.29, 0.717) is 23.6 Å². The van der Waals surface area contributed by atoms with Crippen LogP contribution in [0.15, 0.2) is 42.5 Å². The zero-order valence-corrected chi connectivity index (χ0v) is 14.6. The lowest BCUT2D eigenvalue weighted by Gasteiger charge is -2.11. The van der Waals surface area contributed by atoms with Gasteiger partial charge in [0.2, 0.25) is 0 Å². The molecule has 3 aromatic rings. The lowest BCUT2D eigenvalue weighted by atomic mass is 10.1. The number of methoxy groups -OCH3 is 2. The molecular weight excluding hydrogens is 318 g/mol. The summed E-state index contributed by atoms with van der Waals surface area (Å²) in [6, 6.07) is 13.1. The molecule has 0 atom stereocenters. The minimum atomic E-state index is -0.231. The summed E-state index contributed by atoms with van der Waals surface area (Å²) < 4.78 is 12.6. The van der Waals surface area contributed by atoms with Gasteiger partial charge in [-0.1, -0.05) is 12.1 Å². The number of amides is 1. The predicted octanol–water partition coefficient (Wildman–Crippen LogP) is 3.00. The van der Waals surface area contributed by atoms with Crippen molar-refractivity contribution in [2.45, 2.75) is 20.0 Å². The second-order valence-electron chi connectivity index (χ2n) is 5.51. The van der Waals surface area contributed by atoms with Crippen molar-refractivity contribution in [3.63, 3.8) is 0 Å². The highest BCUT2D eigenvalue weighted by atomic mass is 16.5. The summed E-state index contributed by atoms with van der Waals surface area (Å²) in [5, 5.41) is 2.92. The van der Waals surface area contributed by atoms with Gasteiger partial charge in [0.15, 0.2) is 0 Å². The molecule has 0 spiro atoms. The molecular formula is C19H21N3O3. The molecule has 1 N–H and O–H groups in total. The largest absolute Gasteiger partial charge is 0.497 e. The molecule has 25 heavy (non-hydrogen) atoms. The number of hydrogen-bond acceptors (Lipinski definition) is 4. The zero-order chi connectivity index (χ0) is 17.8. The van der Waals surface area contributed by atoms with Crippen LogP contribution >= 0.6 is 0 Å². The molecule has 0 bridgehead atoms. The molecule has 130 valence electrons. The van der Waals surface area contributed by atoms with Gasteiger partial charge in [-0.25, -0.2) is 4.98 Å². The molecule has 6 nitrogen and oxygen atoms in total. The summed E-state index contributed by atoms with van der Waals surface area (Å²) >= 11 is 0. The molecule has 0 saturated heterocycles. The van der Waals surface area contributed by atoms with Crippen LogP contribution in [0.5, 0.6) is 11.5 Å². The van der Waals surface area contributed by atoms with E-state index < -0.39 is 0 Å². The van der Waals surface area contributed by atoms with Crippen LogP contribution in [0, 0.1) is 0 Å².